The van der Waals surface area contributed by atoms with Gasteiger partial charge in [0, 0.05) is 12.1 Å². The molecule has 9 nitrogen and oxygen atoms in total. The second-order valence-corrected chi connectivity index (χ2v) is 4.15. The third kappa shape index (κ3) is 2.83. The molecular weight excluding hydrogens is 264 g/mol. The highest BCUT2D eigenvalue weighted by Gasteiger charge is 2.13. The lowest BCUT2D eigenvalue weighted by atomic mass is 10.2. The highest BCUT2D eigenvalue weighted by Crippen LogP contribution is 2.21. The number of nitro groups is 1. The fourth-order valence-corrected chi connectivity index (χ4v) is 1.72. The second kappa shape index (κ2) is 5.53. The number of rotatable bonds is 5. The quantitative estimate of drug-likeness (QED) is 0.425. The molecule has 4 N–H and O–H groups in total. The van der Waals surface area contributed by atoms with Gasteiger partial charge in [0.05, 0.1) is 22.7 Å². The maximum Gasteiger partial charge on any atom is 0.276 e. The summed E-state index contributed by atoms with van der Waals surface area (Å²) in [6.45, 7) is 4.02. The van der Waals surface area contributed by atoms with Gasteiger partial charge in [-0.1, -0.05) is 5.16 Å². The van der Waals surface area contributed by atoms with E-state index in [9.17, 15) is 10.1 Å². The zero-order valence-corrected chi connectivity index (χ0v) is 11.0. The molecule has 0 fully saturated rings. The lowest BCUT2D eigenvalue weighted by molar-refractivity contribution is -0.384. The maximum absolute atomic E-state index is 10.8. The average Bonchev–Trinajstić information content (AvgIpc) is 2.75. The molecular formula is C11H14N6O3. The molecule has 0 spiro atoms. The van der Waals surface area contributed by atoms with Crippen LogP contribution in [0.25, 0.3) is 0 Å². The van der Waals surface area contributed by atoms with E-state index in [1.165, 1.54) is 12.1 Å². The Morgan fingerprint density at radius 1 is 1.40 bits per heavy atom. The summed E-state index contributed by atoms with van der Waals surface area (Å²) in [7, 11) is 0. The lowest BCUT2D eigenvalue weighted by Crippen LogP contribution is -2.11. The molecule has 20 heavy (non-hydrogen) atoms. The number of nitrogens with one attached hydrogen (secondary N) is 2. The van der Waals surface area contributed by atoms with Crippen molar-refractivity contribution in [3.8, 4) is 0 Å². The fraction of sp³-hybridized carbons (Fsp3) is 0.273. The van der Waals surface area contributed by atoms with Gasteiger partial charge in [-0.25, -0.2) is 10.8 Å². The molecule has 0 saturated carbocycles. The van der Waals surface area contributed by atoms with Gasteiger partial charge >= 0.3 is 0 Å². The van der Waals surface area contributed by atoms with Crippen LogP contribution in [0.4, 0.5) is 17.3 Å². The minimum atomic E-state index is -0.510. The normalized spacial score (nSPS) is 10.3. The van der Waals surface area contributed by atoms with Crippen LogP contribution in [0, 0.1) is 24.0 Å². The number of anilines is 2. The van der Waals surface area contributed by atoms with Gasteiger partial charge in [0.1, 0.15) is 17.4 Å². The van der Waals surface area contributed by atoms with Gasteiger partial charge in [0.15, 0.2) is 0 Å². The molecule has 2 rings (SSSR count). The predicted molar refractivity (Wildman–Crippen MR) is 72.0 cm³/mol. The number of pyridine rings is 1. The highest BCUT2D eigenvalue weighted by molar-refractivity contribution is 5.54. The monoisotopic (exact) mass is 278 g/mol. The van der Waals surface area contributed by atoms with Crippen LogP contribution in [-0.2, 0) is 6.54 Å². The first-order valence-corrected chi connectivity index (χ1v) is 5.80. The first-order valence-electron chi connectivity index (χ1n) is 5.80. The smallest absolute Gasteiger partial charge is 0.276 e. The van der Waals surface area contributed by atoms with Gasteiger partial charge in [-0.05, 0) is 13.8 Å². The number of nitrogens with zero attached hydrogens (tertiary/aromatic N) is 3. The Hall–Kier alpha value is -2.68. The van der Waals surface area contributed by atoms with Crippen molar-refractivity contribution in [3.63, 3.8) is 0 Å². The topological polar surface area (TPSA) is 132 Å². The Morgan fingerprint density at radius 3 is 2.65 bits per heavy atom. The number of nitrogens with two attached hydrogens (primary N) is 1. The summed E-state index contributed by atoms with van der Waals surface area (Å²) < 4.78 is 5.04. The van der Waals surface area contributed by atoms with Crippen LogP contribution < -0.4 is 16.6 Å². The van der Waals surface area contributed by atoms with Crippen LogP contribution in [0.5, 0.6) is 0 Å². The molecule has 106 valence electrons. The van der Waals surface area contributed by atoms with E-state index in [2.05, 4.69) is 20.9 Å². The SMILES string of the molecule is Cc1noc(C)c1CNc1cc([N+](=O)[O-])cc(NN)n1. The molecule has 0 aliphatic carbocycles. The van der Waals surface area contributed by atoms with Crippen molar-refractivity contribution in [2.45, 2.75) is 20.4 Å². The van der Waals surface area contributed by atoms with Crippen LogP contribution in [0.2, 0.25) is 0 Å². The summed E-state index contributed by atoms with van der Waals surface area (Å²) >= 11 is 0. The van der Waals surface area contributed by atoms with Crippen LogP contribution >= 0.6 is 0 Å². The second-order valence-electron chi connectivity index (χ2n) is 4.15. The Bertz CT molecular complexity index is 620. The van der Waals surface area contributed by atoms with E-state index < -0.39 is 4.92 Å². The summed E-state index contributed by atoms with van der Waals surface area (Å²) in [5.41, 5.74) is 3.84. The summed E-state index contributed by atoms with van der Waals surface area (Å²) in [5.74, 6) is 6.48. The van der Waals surface area contributed by atoms with Gasteiger partial charge in [0.2, 0.25) is 0 Å². The molecule has 0 aliphatic heterocycles. The van der Waals surface area contributed by atoms with Gasteiger partial charge in [-0.3, -0.25) is 10.1 Å². The van der Waals surface area contributed by atoms with E-state index in [0.29, 0.717) is 18.1 Å². The van der Waals surface area contributed by atoms with Crippen molar-refractivity contribution in [3.05, 3.63) is 39.3 Å². The van der Waals surface area contributed by atoms with Gasteiger partial charge in [-0.2, -0.15) is 0 Å². The first-order chi connectivity index (χ1) is 9.51. The number of hydrazine groups is 1. The minimum absolute atomic E-state index is 0.103. The van der Waals surface area contributed by atoms with Crippen LogP contribution in [0.1, 0.15) is 17.0 Å². The molecule has 0 amide bonds. The third-order valence-electron chi connectivity index (χ3n) is 2.80. The predicted octanol–water partition coefficient (Wildman–Crippen LogP) is 1.49. The van der Waals surface area contributed by atoms with Crippen molar-refractivity contribution in [2.24, 2.45) is 5.84 Å². The number of hydrogen-bond donors (Lipinski definition) is 3. The largest absolute Gasteiger partial charge is 0.366 e. The van der Waals surface area contributed by atoms with E-state index in [0.717, 1.165) is 11.3 Å². The van der Waals surface area contributed by atoms with E-state index in [4.69, 9.17) is 10.4 Å². The molecule has 0 aromatic carbocycles. The average molecular weight is 278 g/mol. The van der Waals surface area contributed by atoms with Crippen LogP contribution in [-0.4, -0.2) is 15.1 Å². The molecule has 0 unspecified atom stereocenters. The molecule has 0 radical (unpaired) electrons. The Kier molecular flexibility index (Phi) is 3.80. The van der Waals surface area contributed by atoms with Crippen LogP contribution in [0.3, 0.4) is 0 Å². The summed E-state index contributed by atoms with van der Waals surface area (Å²) in [4.78, 5) is 14.4. The standard InChI is InChI=1S/C11H14N6O3/c1-6-9(7(2)20-16-6)5-13-10-3-8(17(18)19)4-11(14-10)15-12/h3-4H,5,12H2,1-2H3,(H2,13,14,15). The van der Waals surface area contributed by atoms with Gasteiger partial charge in [0.25, 0.3) is 5.69 Å². The maximum atomic E-state index is 10.8. The van der Waals surface area contributed by atoms with E-state index in [1.807, 2.05) is 6.92 Å². The highest BCUT2D eigenvalue weighted by atomic mass is 16.6. The van der Waals surface area contributed by atoms with E-state index in [1.54, 1.807) is 6.92 Å². The van der Waals surface area contributed by atoms with Gasteiger partial charge < -0.3 is 15.3 Å². The first kappa shape index (κ1) is 13.7. The van der Waals surface area contributed by atoms with Crippen molar-refractivity contribution < 1.29 is 9.45 Å². The van der Waals surface area contributed by atoms with Crippen LogP contribution in [0.15, 0.2) is 16.7 Å². The van der Waals surface area contributed by atoms with Gasteiger partial charge in [-0.15, -0.1) is 0 Å². The fourth-order valence-electron chi connectivity index (χ4n) is 1.72. The third-order valence-corrected chi connectivity index (χ3v) is 2.80. The minimum Gasteiger partial charge on any atom is -0.366 e. The van der Waals surface area contributed by atoms with Crippen molar-refractivity contribution >= 4 is 17.3 Å². The summed E-state index contributed by atoms with van der Waals surface area (Å²) in [6, 6.07) is 2.58. The molecule has 0 atom stereocenters. The molecule has 9 heteroatoms. The number of aromatic nitrogens is 2. The molecule has 2 aromatic rings. The number of hydrogen-bond acceptors (Lipinski definition) is 8. The Balaban J connectivity index is 2.21. The van der Waals surface area contributed by atoms with Crippen molar-refractivity contribution in [1.82, 2.24) is 10.1 Å². The van der Waals surface area contributed by atoms with Crippen molar-refractivity contribution in [2.75, 3.05) is 10.7 Å². The zero-order chi connectivity index (χ0) is 14.7. The Labute approximate surface area is 114 Å². The van der Waals surface area contributed by atoms with Crippen molar-refractivity contribution in [1.29, 1.82) is 0 Å². The molecule has 0 saturated heterocycles. The molecule has 0 bridgehead atoms. The number of aryl methyl sites for hydroxylation is 2. The molecule has 0 aliphatic rings. The summed E-state index contributed by atoms with van der Waals surface area (Å²) in [5, 5.41) is 17.6. The van der Waals surface area contributed by atoms with E-state index in [-0.39, 0.29) is 11.5 Å². The molecule has 2 aromatic heterocycles. The zero-order valence-electron chi connectivity index (χ0n) is 11.0. The molecule has 2 heterocycles. The van der Waals surface area contributed by atoms with E-state index >= 15 is 0 Å². The Morgan fingerprint density at radius 2 is 2.10 bits per heavy atom. The lowest BCUT2D eigenvalue weighted by Gasteiger charge is -2.07. The summed E-state index contributed by atoms with van der Waals surface area (Å²) in [6.07, 6.45) is 0. The number of nitrogen functional groups attached to an aromatic ring is 1.